The number of nitrogens with one attached hydrogen (secondary N) is 1. The molecule has 23 heavy (non-hydrogen) atoms. The summed E-state index contributed by atoms with van der Waals surface area (Å²) in [4.78, 5) is 22.5. The zero-order valence-corrected chi connectivity index (χ0v) is 11.5. The lowest BCUT2D eigenvalue weighted by atomic mass is 10.0. The number of hydrogen-bond donors (Lipinski definition) is 2. The molecule has 0 fully saturated rings. The van der Waals surface area contributed by atoms with Crippen LogP contribution in [0.3, 0.4) is 0 Å². The molecule has 0 aliphatic carbocycles. The predicted octanol–water partition coefficient (Wildman–Crippen LogP) is 1.44. The van der Waals surface area contributed by atoms with Crippen molar-refractivity contribution >= 4 is 23.5 Å². The molecule has 1 aromatic rings. The van der Waals surface area contributed by atoms with E-state index in [1.165, 1.54) is 0 Å². The van der Waals surface area contributed by atoms with Crippen molar-refractivity contribution in [2.45, 2.75) is 6.18 Å². The lowest BCUT2D eigenvalue weighted by Gasteiger charge is -2.21. The van der Waals surface area contributed by atoms with Crippen molar-refractivity contribution in [3.05, 3.63) is 35.4 Å². The number of carbonyl (C=O) groups excluding carboxylic acids is 1. The van der Waals surface area contributed by atoms with E-state index < -0.39 is 29.5 Å². The summed E-state index contributed by atoms with van der Waals surface area (Å²) in [5.74, 6) is -1.47. The molecule has 1 aromatic carbocycles. The van der Waals surface area contributed by atoms with Crippen molar-refractivity contribution in [3.8, 4) is 0 Å². The number of amides is 1. The van der Waals surface area contributed by atoms with Gasteiger partial charge in [0, 0.05) is 5.56 Å². The van der Waals surface area contributed by atoms with Gasteiger partial charge in [-0.3, -0.25) is 0 Å². The summed E-state index contributed by atoms with van der Waals surface area (Å²) < 4.78 is 42.0. The summed E-state index contributed by atoms with van der Waals surface area (Å²) in [6, 6.07) is 3.59. The van der Waals surface area contributed by atoms with Gasteiger partial charge < -0.3 is 9.84 Å². The number of hydrogen-bond acceptors (Lipinski definition) is 6. The van der Waals surface area contributed by atoms with Crippen LogP contribution in [-0.4, -0.2) is 40.8 Å². The van der Waals surface area contributed by atoms with Gasteiger partial charge in [0.15, 0.2) is 5.71 Å². The van der Waals surface area contributed by atoms with E-state index in [0.29, 0.717) is 5.12 Å². The lowest BCUT2D eigenvalue weighted by molar-refractivity contribution is -0.137. The Kier molecular flexibility index (Phi) is 4.20. The first-order valence-electron chi connectivity index (χ1n) is 5.95. The van der Waals surface area contributed by atoms with Gasteiger partial charge in [-0.1, -0.05) is 17.3 Å². The second kappa shape index (κ2) is 5.94. The molecular weight excluding hydrogens is 321 g/mol. The maximum atomic E-state index is 12.6. The van der Waals surface area contributed by atoms with E-state index in [1.807, 2.05) is 5.53 Å². The molecule has 1 aliphatic rings. The molecule has 1 amide bonds. The number of methoxy groups -OCH3 is 1. The first kappa shape index (κ1) is 16.3. The van der Waals surface area contributed by atoms with Crippen LogP contribution >= 0.6 is 0 Å². The van der Waals surface area contributed by atoms with Crippen molar-refractivity contribution in [3.63, 3.8) is 0 Å². The van der Waals surface area contributed by atoms with Gasteiger partial charge in [-0.15, -0.1) is 10.2 Å². The monoisotopic (exact) mass is 330 g/mol. The maximum absolute atomic E-state index is 12.6. The summed E-state index contributed by atoms with van der Waals surface area (Å²) in [7, 11) is 1.06. The number of carbonyl (C=O) groups is 2. The van der Waals surface area contributed by atoms with E-state index in [9.17, 15) is 22.8 Å². The van der Waals surface area contributed by atoms with Gasteiger partial charge in [0.05, 0.1) is 12.7 Å². The molecule has 0 radical (unpaired) electrons. The number of alkyl halides is 3. The number of nitrogens with zero attached hydrogens (tertiary/aromatic N) is 3. The fraction of sp³-hybridized carbons (Fsp3) is 0.167. The largest absolute Gasteiger partial charge is 0.476 e. The smallest absolute Gasteiger partial charge is 0.451 e. The van der Waals surface area contributed by atoms with Gasteiger partial charge in [0.1, 0.15) is 5.71 Å². The zero-order valence-electron chi connectivity index (χ0n) is 11.5. The predicted molar refractivity (Wildman–Crippen MR) is 70.4 cm³/mol. The summed E-state index contributed by atoms with van der Waals surface area (Å²) in [6.07, 6.45) is -5.52. The van der Waals surface area contributed by atoms with Crippen LogP contribution in [-0.2, 0) is 15.7 Å². The molecule has 2 N–H and O–H groups in total. The topological polar surface area (TPSA) is 104 Å². The van der Waals surface area contributed by atoms with Crippen LogP contribution in [0.15, 0.2) is 34.5 Å². The molecule has 11 heteroatoms. The second-order valence-electron chi connectivity index (χ2n) is 4.17. The average molecular weight is 330 g/mol. The van der Waals surface area contributed by atoms with Gasteiger partial charge in [0.25, 0.3) is 0 Å². The van der Waals surface area contributed by atoms with E-state index >= 15 is 0 Å². The molecule has 8 nitrogen and oxygen atoms in total. The molecule has 0 aromatic heterocycles. The number of rotatable bonds is 2. The van der Waals surface area contributed by atoms with Gasteiger partial charge in [-0.2, -0.15) is 18.7 Å². The number of aliphatic carboxylic acids is 1. The quantitative estimate of drug-likeness (QED) is 0.854. The normalized spacial score (nSPS) is 14.5. The highest BCUT2D eigenvalue weighted by atomic mass is 19.4. The highest BCUT2D eigenvalue weighted by Gasteiger charge is 2.31. The van der Waals surface area contributed by atoms with E-state index in [2.05, 4.69) is 14.9 Å². The van der Waals surface area contributed by atoms with Crippen molar-refractivity contribution in [2.24, 2.45) is 10.2 Å². The third kappa shape index (κ3) is 3.39. The third-order valence-corrected chi connectivity index (χ3v) is 2.72. The summed E-state index contributed by atoms with van der Waals surface area (Å²) in [6.45, 7) is 0. The van der Waals surface area contributed by atoms with Crippen LogP contribution < -0.4 is 5.53 Å². The Bertz CT molecular complexity index is 697. The minimum Gasteiger partial charge on any atom is -0.476 e. The molecule has 2 rings (SSSR count). The Morgan fingerprint density at radius 1 is 1.26 bits per heavy atom. The van der Waals surface area contributed by atoms with E-state index in [1.54, 1.807) is 0 Å². The van der Waals surface area contributed by atoms with Crippen LogP contribution in [0.4, 0.5) is 18.0 Å². The van der Waals surface area contributed by atoms with Gasteiger partial charge >= 0.3 is 18.2 Å². The van der Waals surface area contributed by atoms with E-state index in [4.69, 9.17) is 5.11 Å². The molecule has 1 aliphatic heterocycles. The number of benzene rings is 1. The highest BCUT2D eigenvalue weighted by Crippen LogP contribution is 2.29. The second-order valence-corrected chi connectivity index (χ2v) is 4.17. The minimum absolute atomic E-state index is 0.0366. The highest BCUT2D eigenvalue weighted by molar-refractivity contribution is 6.68. The zero-order chi connectivity index (χ0) is 17.2. The molecule has 0 unspecified atom stereocenters. The number of halogens is 3. The third-order valence-electron chi connectivity index (χ3n) is 2.72. The van der Waals surface area contributed by atoms with Crippen molar-refractivity contribution < 1.29 is 32.6 Å². The number of ether oxygens (including phenoxy) is 1. The van der Waals surface area contributed by atoms with Crippen molar-refractivity contribution in [2.75, 3.05) is 7.11 Å². The Hall–Kier alpha value is -3.11. The van der Waals surface area contributed by atoms with Crippen molar-refractivity contribution in [1.82, 2.24) is 10.7 Å². The maximum Gasteiger partial charge on any atom is 0.451 e. The van der Waals surface area contributed by atoms with Crippen LogP contribution in [0.2, 0.25) is 0 Å². The van der Waals surface area contributed by atoms with Crippen LogP contribution in [0, 0.1) is 0 Å². The molecule has 0 bridgehead atoms. The fourth-order valence-electron chi connectivity index (χ4n) is 1.65. The van der Waals surface area contributed by atoms with Crippen LogP contribution in [0.25, 0.3) is 0 Å². The fourth-order valence-corrected chi connectivity index (χ4v) is 1.65. The van der Waals surface area contributed by atoms with E-state index in [-0.39, 0.29) is 11.3 Å². The lowest BCUT2D eigenvalue weighted by Crippen LogP contribution is -2.44. The number of hydrazone groups is 2. The van der Waals surface area contributed by atoms with Crippen molar-refractivity contribution in [1.29, 1.82) is 0 Å². The number of carboxylic acids is 1. The molecule has 0 saturated heterocycles. The summed E-state index contributed by atoms with van der Waals surface area (Å²) >= 11 is 0. The Morgan fingerprint density at radius 3 is 2.35 bits per heavy atom. The molecule has 122 valence electrons. The molecule has 1 heterocycles. The molecular formula is C12H9F3N4O4. The number of hydrazine groups is 1. The Balaban J connectivity index is 2.42. The SMILES string of the molecule is COC(=O)N1N=C(c2ccc(C(F)(F)F)cc2)C(C(=O)O)=NN1. The first-order chi connectivity index (χ1) is 10.7. The first-order valence-corrected chi connectivity index (χ1v) is 5.95. The molecule has 0 spiro atoms. The van der Waals surface area contributed by atoms with Crippen LogP contribution in [0.5, 0.6) is 0 Å². The average Bonchev–Trinajstić information content (AvgIpc) is 2.52. The standard InChI is InChI=1S/C12H9F3N4O4/c1-23-11(22)19-17-8(9(10(20)21)16-18-19)6-2-4-7(5-3-6)12(13,14)15/h2-5,18H,1H3,(H,20,21). The Labute approximate surface area is 126 Å². The van der Waals surface area contributed by atoms with Gasteiger partial charge in [-0.05, 0) is 12.1 Å². The summed E-state index contributed by atoms with van der Waals surface area (Å²) in [5.41, 5.74) is 0.303. The van der Waals surface area contributed by atoms with E-state index in [0.717, 1.165) is 31.4 Å². The molecule has 0 saturated carbocycles. The Morgan fingerprint density at radius 2 is 1.87 bits per heavy atom. The van der Waals surface area contributed by atoms with Crippen LogP contribution in [0.1, 0.15) is 11.1 Å². The van der Waals surface area contributed by atoms with Gasteiger partial charge in [0.2, 0.25) is 0 Å². The number of carboxylic acid groups (broad SMARTS) is 1. The van der Waals surface area contributed by atoms with Gasteiger partial charge in [-0.25, -0.2) is 9.59 Å². The molecule has 0 atom stereocenters. The summed E-state index contributed by atoms with van der Waals surface area (Å²) in [5, 5.41) is 16.7. The minimum atomic E-state index is -4.53.